The van der Waals surface area contributed by atoms with Gasteiger partial charge in [0.05, 0.1) is 30.5 Å². The maximum atomic E-state index is 14.2. The zero-order valence-electron chi connectivity index (χ0n) is 23.3. The second-order valence-corrected chi connectivity index (χ2v) is 10.8. The van der Waals surface area contributed by atoms with E-state index in [1.54, 1.807) is 32.9 Å². The van der Waals surface area contributed by atoms with Crippen molar-refractivity contribution in [3.8, 4) is 11.1 Å². The minimum atomic E-state index is -1.07. The van der Waals surface area contributed by atoms with Crippen LogP contribution >= 0.6 is 0 Å². The quantitative estimate of drug-likeness (QED) is 0.427. The Kier molecular flexibility index (Phi) is 9.15. The number of halogens is 3. The Morgan fingerprint density at radius 1 is 1.12 bits per heavy atom. The maximum Gasteiger partial charge on any atom is 0.411 e. The molecule has 3 N–H and O–H groups in total. The molecular weight excluding hydrogens is 553 g/mol. The van der Waals surface area contributed by atoms with E-state index >= 15 is 0 Å². The number of morpholine rings is 1. The van der Waals surface area contributed by atoms with Gasteiger partial charge in [-0.2, -0.15) is 0 Å². The van der Waals surface area contributed by atoms with Gasteiger partial charge in [0.2, 0.25) is 5.91 Å². The number of rotatable bonds is 7. The van der Waals surface area contributed by atoms with Crippen LogP contribution in [0.5, 0.6) is 0 Å². The van der Waals surface area contributed by atoms with Gasteiger partial charge in [0.1, 0.15) is 29.1 Å². The average molecular weight is 585 g/mol. The first-order valence-corrected chi connectivity index (χ1v) is 13.2. The number of hydrogen-bond acceptors (Lipinski definition) is 6. The highest BCUT2D eigenvalue weighted by atomic mass is 19.1. The maximum absolute atomic E-state index is 14.2. The van der Waals surface area contributed by atoms with Gasteiger partial charge in [0.25, 0.3) is 5.91 Å². The van der Waals surface area contributed by atoms with Crippen LogP contribution in [-0.2, 0) is 20.7 Å². The van der Waals surface area contributed by atoms with Crippen molar-refractivity contribution in [3.05, 3.63) is 89.0 Å². The molecule has 0 bridgehead atoms. The Labute approximate surface area is 240 Å². The number of pyridine rings is 1. The number of nitrogens with two attached hydrogens (primary N) is 1. The van der Waals surface area contributed by atoms with E-state index in [1.807, 2.05) is 0 Å². The van der Waals surface area contributed by atoms with Crippen LogP contribution < -0.4 is 11.1 Å². The van der Waals surface area contributed by atoms with Crippen LogP contribution in [0.4, 0.5) is 18.0 Å². The highest BCUT2D eigenvalue weighted by molar-refractivity contribution is 5.94. The summed E-state index contributed by atoms with van der Waals surface area (Å²) < 4.78 is 53.4. The number of benzene rings is 2. The summed E-state index contributed by atoms with van der Waals surface area (Å²) in [4.78, 5) is 44.1. The summed E-state index contributed by atoms with van der Waals surface area (Å²) >= 11 is 0. The second kappa shape index (κ2) is 12.6. The molecule has 1 saturated heterocycles. The van der Waals surface area contributed by atoms with Gasteiger partial charge < -0.3 is 20.5 Å². The number of nitrogens with one attached hydrogen (secondary N) is 1. The molecular formula is C30H31F3N4O5. The van der Waals surface area contributed by atoms with Gasteiger partial charge in [0.15, 0.2) is 0 Å². The molecule has 0 unspecified atom stereocenters. The fourth-order valence-electron chi connectivity index (χ4n) is 4.63. The molecule has 0 saturated carbocycles. The van der Waals surface area contributed by atoms with Crippen molar-refractivity contribution >= 4 is 17.9 Å². The number of primary amides is 1. The van der Waals surface area contributed by atoms with Crippen LogP contribution in [0.15, 0.2) is 54.7 Å². The molecule has 2 atom stereocenters. The van der Waals surface area contributed by atoms with Crippen molar-refractivity contribution in [2.24, 2.45) is 5.73 Å². The summed E-state index contributed by atoms with van der Waals surface area (Å²) in [5.74, 6) is -4.01. The van der Waals surface area contributed by atoms with E-state index in [4.69, 9.17) is 15.2 Å². The summed E-state index contributed by atoms with van der Waals surface area (Å²) in [6, 6.07) is 7.94. The zero-order valence-corrected chi connectivity index (χ0v) is 23.3. The van der Waals surface area contributed by atoms with E-state index in [1.165, 1.54) is 23.2 Å². The lowest BCUT2D eigenvalue weighted by molar-refractivity contribution is -0.133. The molecule has 2 heterocycles. The number of nitrogens with zero attached hydrogens (tertiary/aromatic N) is 2. The van der Waals surface area contributed by atoms with Crippen LogP contribution in [0.2, 0.25) is 0 Å². The van der Waals surface area contributed by atoms with Gasteiger partial charge in [0, 0.05) is 24.4 Å². The molecule has 1 aliphatic rings. The Balaban J connectivity index is 1.74. The predicted octanol–water partition coefficient (Wildman–Crippen LogP) is 4.30. The fourth-order valence-corrected chi connectivity index (χ4v) is 4.63. The highest BCUT2D eigenvalue weighted by Gasteiger charge is 2.37. The Hall–Kier alpha value is -4.45. The van der Waals surface area contributed by atoms with E-state index in [0.29, 0.717) is 11.1 Å². The summed E-state index contributed by atoms with van der Waals surface area (Å²) in [5, 5.41) is 2.86. The number of hydrogen-bond donors (Lipinski definition) is 2. The standard InChI is InChI=1S/C30H31F3N4O5/c1-30(2,3)42-29(40)37-9-10-41-16-25(37)28(39)36-24(13-17-11-19(31)15-20(32)12-17)26-21(5-4-8-35-26)18-6-7-23(33)22(14-18)27(34)38/h4-8,11-12,14-15,24-25H,9-10,13,16H2,1-3H3,(H2,34,38)(H,36,39)/t24-,25+/m0/s1. The number of carbonyl (C=O) groups excluding carboxylic acids is 3. The zero-order chi connectivity index (χ0) is 30.6. The molecule has 9 nitrogen and oxygen atoms in total. The van der Waals surface area contributed by atoms with Crippen LogP contribution in [0.1, 0.15) is 48.4 Å². The Morgan fingerprint density at radius 2 is 1.83 bits per heavy atom. The van der Waals surface area contributed by atoms with Crippen molar-refractivity contribution in [2.75, 3.05) is 19.8 Å². The van der Waals surface area contributed by atoms with Gasteiger partial charge in [-0.05, 0) is 68.7 Å². The third kappa shape index (κ3) is 7.43. The van der Waals surface area contributed by atoms with Gasteiger partial charge in [-0.1, -0.05) is 12.1 Å². The second-order valence-electron chi connectivity index (χ2n) is 10.8. The lowest BCUT2D eigenvalue weighted by atomic mass is 9.94. The lowest BCUT2D eigenvalue weighted by Crippen LogP contribution is -2.57. The van der Waals surface area contributed by atoms with E-state index in [0.717, 1.165) is 24.3 Å². The molecule has 3 amide bonds. The topological polar surface area (TPSA) is 124 Å². The monoisotopic (exact) mass is 584 g/mol. The van der Waals surface area contributed by atoms with Gasteiger partial charge >= 0.3 is 6.09 Å². The summed E-state index contributed by atoms with van der Waals surface area (Å²) in [5.41, 5.74) is 5.45. The van der Waals surface area contributed by atoms with E-state index in [9.17, 15) is 27.6 Å². The molecule has 42 heavy (non-hydrogen) atoms. The summed E-state index contributed by atoms with van der Waals surface area (Å²) in [6.07, 6.45) is 0.659. The normalized spacial score (nSPS) is 16.0. The van der Waals surface area contributed by atoms with E-state index < -0.39 is 53.0 Å². The molecule has 0 radical (unpaired) electrons. The molecule has 222 valence electrons. The highest BCUT2D eigenvalue weighted by Crippen LogP contribution is 2.31. The van der Waals surface area contributed by atoms with Crippen molar-refractivity contribution in [1.29, 1.82) is 0 Å². The third-order valence-corrected chi connectivity index (χ3v) is 6.45. The minimum Gasteiger partial charge on any atom is -0.444 e. The minimum absolute atomic E-state index is 0.103. The summed E-state index contributed by atoms with van der Waals surface area (Å²) in [6.45, 7) is 5.31. The number of ether oxygens (including phenoxy) is 2. The van der Waals surface area contributed by atoms with Crippen molar-refractivity contribution in [2.45, 2.75) is 44.9 Å². The van der Waals surface area contributed by atoms with Crippen molar-refractivity contribution in [3.63, 3.8) is 0 Å². The first kappa shape index (κ1) is 30.5. The van der Waals surface area contributed by atoms with Gasteiger partial charge in [-0.15, -0.1) is 0 Å². The van der Waals surface area contributed by atoms with Crippen LogP contribution in [0.3, 0.4) is 0 Å². The van der Waals surface area contributed by atoms with Crippen LogP contribution in [-0.4, -0.2) is 59.2 Å². The molecule has 3 aromatic rings. The Bertz CT molecular complexity index is 1470. The largest absolute Gasteiger partial charge is 0.444 e. The number of aromatic nitrogens is 1. The van der Waals surface area contributed by atoms with Crippen LogP contribution in [0, 0.1) is 17.5 Å². The average Bonchev–Trinajstić information content (AvgIpc) is 2.91. The molecule has 1 fully saturated rings. The number of amides is 3. The van der Waals surface area contributed by atoms with E-state index in [2.05, 4.69) is 10.3 Å². The van der Waals surface area contributed by atoms with Crippen LogP contribution in [0.25, 0.3) is 11.1 Å². The predicted molar refractivity (Wildman–Crippen MR) is 147 cm³/mol. The molecule has 1 aliphatic heterocycles. The molecule has 0 aliphatic carbocycles. The molecule has 1 aromatic heterocycles. The van der Waals surface area contributed by atoms with Gasteiger partial charge in [-0.25, -0.2) is 18.0 Å². The molecule has 0 spiro atoms. The van der Waals surface area contributed by atoms with E-state index in [-0.39, 0.29) is 43.0 Å². The SMILES string of the molecule is CC(C)(C)OC(=O)N1CCOC[C@@H]1C(=O)N[C@@H](Cc1cc(F)cc(F)c1)c1ncccc1-c1ccc(F)c(C(N)=O)c1. The molecule has 4 rings (SSSR count). The number of carbonyl (C=O) groups is 3. The molecule has 2 aromatic carbocycles. The fraction of sp³-hybridized carbons (Fsp3) is 0.333. The van der Waals surface area contributed by atoms with Crippen molar-refractivity contribution in [1.82, 2.24) is 15.2 Å². The smallest absolute Gasteiger partial charge is 0.411 e. The van der Waals surface area contributed by atoms with Crippen molar-refractivity contribution < 1.29 is 37.0 Å². The third-order valence-electron chi connectivity index (χ3n) is 6.45. The summed E-state index contributed by atoms with van der Waals surface area (Å²) in [7, 11) is 0. The first-order valence-electron chi connectivity index (χ1n) is 13.2. The van der Waals surface area contributed by atoms with Gasteiger partial charge in [-0.3, -0.25) is 19.5 Å². The molecule has 12 heteroatoms. The first-order chi connectivity index (χ1) is 19.8. The lowest BCUT2D eigenvalue weighted by Gasteiger charge is -2.36. The Morgan fingerprint density at radius 3 is 2.50 bits per heavy atom.